The average molecular weight is 409 g/mol. The van der Waals surface area contributed by atoms with Gasteiger partial charge in [0.25, 0.3) is 0 Å². The van der Waals surface area contributed by atoms with Crippen molar-refractivity contribution in [1.82, 2.24) is 10.0 Å². The molecule has 0 saturated heterocycles. The summed E-state index contributed by atoms with van der Waals surface area (Å²) in [7, 11) is -5.58. The number of nitrogens with zero attached hydrogens (tertiary/aromatic N) is 1. The van der Waals surface area contributed by atoms with Gasteiger partial charge in [-0.15, -0.1) is 0 Å². The number of nitrogens with one attached hydrogen (secondary N) is 2. The van der Waals surface area contributed by atoms with Crippen LogP contribution in [0.3, 0.4) is 0 Å². The first-order chi connectivity index (χ1) is 12.4. The van der Waals surface area contributed by atoms with Crippen molar-refractivity contribution in [2.75, 3.05) is 6.61 Å². The molecule has 1 rings (SSSR count). The Labute approximate surface area is 152 Å². The van der Waals surface area contributed by atoms with E-state index in [4.69, 9.17) is 10.00 Å². The molecule has 1 aromatic carbocycles. The molecule has 1 atom stereocenters. The summed E-state index contributed by atoms with van der Waals surface area (Å²) < 4.78 is 79.3. The fourth-order valence-electron chi connectivity index (χ4n) is 1.79. The number of amides is 1. The van der Waals surface area contributed by atoms with Gasteiger partial charge >= 0.3 is 15.5 Å². The van der Waals surface area contributed by atoms with E-state index in [9.17, 15) is 30.8 Å². The molecule has 0 saturated carbocycles. The zero-order valence-corrected chi connectivity index (χ0v) is 14.7. The molecule has 0 radical (unpaired) electrons. The van der Waals surface area contributed by atoms with Gasteiger partial charge in [-0.3, -0.25) is 4.79 Å². The Morgan fingerprint density at radius 3 is 2.59 bits per heavy atom. The summed E-state index contributed by atoms with van der Waals surface area (Å²) >= 11 is 0. The number of carbonyl (C=O) groups excluding carboxylic acids is 1. The first-order valence-corrected chi connectivity index (χ1v) is 8.73. The summed E-state index contributed by atoms with van der Waals surface area (Å²) in [5.74, 6) is -1.94. The van der Waals surface area contributed by atoms with E-state index in [1.54, 1.807) is 6.07 Å². The minimum atomic E-state index is -5.58. The van der Waals surface area contributed by atoms with E-state index in [0.29, 0.717) is 0 Å². The van der Waals surface area contributed by atoms with Crippen LogP contribution in [0, 0.1) is 17.1 Å². The van der Waals surface area contributed by atoms with E-state index in [0.717, 1.165) is 25.1 Å². The van der Waals surface area contributed by atoms with E-state index in [2.05, 4.69) is 11.9 Å². The first-order valence-electron chi connectivity index (χ1n) is 7.25. The molecule has 0 unspecified atom stereocenters. The van der Waals surface area contributed by atoms with Crippen LogP contribution in [0.4, 0.5) is 17.6 Å². The van der Waals surface area contributed by atoms with Crippen LogP contribution in [0.5, 0.6) is 5.75 Å². The molecule has 7 nitrogen and oxygen atoms in total. The van der Waals surface area contributed by atoms with Gasteiger partial charge in [-0.1, -0.05) is 6.58 Å². The first kappa shape index (κ1) is 22.4. The molecule has 1 aromatic rings. The average Bonchev–Trinajstić information content (AvgIpc) is 2.57. The predicted molar refractivity (Wildman–Crippen MR) is 86.2 cm³/mol. The molecule has 0 aliphatic heterocycles. The van der Waals surface area contributed by atoms with Crippen LogP contribution in [0.1, 0.15) is 18.1 Å². The van der Waals surface area contributed by atoms with E-state index in [1.165, 1.54) is 4.72 Å². The van der Waals surface area contributed by atoms with E-state index < -0.39 is 45.7 Å². The number of nitriles is 1. The van der Waals surface area contributed by atoms with Crippen molar-refractivity contribution in [3.05, 3.63) is 41.7 Å². The molecule has 1 amide bonds. The molecule has 0 bridgehead atoms. The van der Waals surface area contributed by atoms with Crippen LogP contribution in [0.2, 0.25) is 0 Å². The minimum Gasteiger partial charge on any atom is -0.489 e. The minimum absolute atomic E-state index is 0.0879. The van der Waals surface area contributed by atoms with Crippen LogP contribution in [-0.4, -0.2) is 32.5 Å². The highest BCUT2D eigenvalue weighted by molar-refractivity contribution is 7.90. The smallest absolute Gasteiger partial charge is 0.489 e. The fraction of sp³-hybridized carbons (Fsp3) is 0.333. The zero-order chi connectivity index (χ0) is 20.8. The highest BCUT2D eigenvalue weighted by Crippen LogP contribution is 2.24. The molecule has 0 aliphatic carbocycles. The molecule has 148 valence electrons. The molecular weight excluding hydrogens is 394 g/mol. The van der Waals surface area contributed by atoms with E-state index >= 15 is 0 Å². The number of sulfonamides is 1. The third kappa shape index (κ3) is 6.22. The summed E-state index contributed by atoms with van der Waals surface area (Å²) in [6.45, 7) is 3.57. The van der Waals surface area contributed by atoms with Crippen molar-refractivity contribution in [3.8, 4) is 11.8 Å². The standard InChI is InChI=1S/C15H15F4N3O4S/c1-3-14(23)21-7-11-5-13(12(16)4-10(11)6-20)26-8-9(2)22-27(24,25)15(17,18)19/h3-5,9,22H,1,7-8H2,2H3,(H,21,23)/t9-/m0/s1. The van der Waals surface area contributed by atoms with Crippen LogP contribution in [0.15, 0.2) is 24.8 Å². The number of alkyl halides is 3. The van der Waals surface area contributed by atoms with Gasteiger partial charge < -0.3 is 10.1 Å². The van der Waals surface area contributed by atoms with Crippen molar-refractivity contribution in [2.24, 2.45) is 0 Å². The Morgan fingerprint density at radius 2 is 2.07 bits per heavy atom. The third-order valence-corrected chi connectivity index (χ3v) is 4.39. The molecule has 0 spiro atoms. The summed E-state index contributed by atoms with van der Waals surface area (Å²) in [6, 6.07) is 2.32. The van der Waals surface area contributed by atoms with Crippen LogP contribution < -0.4 is 14.8 Å². The Hall–Kier alpha value is -2.65. The second kappa shape index (κ2) is 8.83. The topological polar surface area (TPSA) is 108 Å². The molecule has 2 N–H and O–H groups in total. The summed E-state index contributed by atoms with van der Waals surface area (Å²) in [5.41, 5.74) is -5.39. The van der Waals surface area contributed by atoms with Gasteiger partial charge in [-0.2, -0.15) is 18.4 Å². The second-order valence-corrected chi connectivity index (χ2v) is 6.96. The molecule has 0 heterocycles. The number of rotatable bonds is 8. The fourth-order valence-corrected chi connectivity index (χ4v) is 2.52. The van der Waals surface area contributed by atoms with E-state index in [1.807, 2.05) is 0 Å². The predicted octanol–water partition coefficient (Wildman–Crippen LogP) is 1.71. The molecule has 27 heavy (non-hydrogen) atoms. The van der Waals surface area contributed by atoms with Crippen molar-refractivity contribution in [1.29, 1.82) is 5.26 Å². The van der Waals surface area contributed by atoms with Gasteiger partial charge in [0.1, 0.15) is 6.61 Å². The monoisotopic (exact) mass is 409 g/mol. The van der Waals surface area contributed by atoms with Crippen molar-refractivity contribution < 1.29 is 35.5 Å². The van der Waals surface area contributed by atoms with Gasteiger partial charge in [0.2, 0.25) is 5.91 Å². The number of hydrogen-bond donors (Lipinski definition) is 2. The van der Waals surface area contributed by atoms with Gasteiger partial charge in [-0.25, -0.2) is 17.5 Å². The number of hydrogen-bond acceptors (Lipinski definition) is 5. The lowest BCUT2D eigenvalue weighted by atomic mass is 10.1. The zero-order valence-electron chi connectivity index (χ0n) is 13.9. The second-order valence-electron chi connectivity index (χ2n) is 5.25. The number of carbonyl (C=O) groups is 1. The van der Waals surface area contributed by atoms with E-state index in [-0.39, 0.29) is 17.7 Å². The maximum Gasteiger partial charge on any atom is 0.511 e. The lowest BCUT2D eigenvalue weighted by Gasteiger charge is -2.17. The lowest BCUT2D eigenvalue weighted by Crippen LogP contribution is -2.43. The molecule has 12 heteroatoms. The largest absolute Gasteiger partial charge is 0.511 e. The van der Waals surface area contributed by atoms with Crippen molar-refractivity contribution >= 4 is 15.9 Å². The molecule has 0 aromatic heterocycles. The molecular formula is C15H15F4N3O4S. The molecule has 0 aliphatic rings. The van der Waals surface area contributed by atoms with Crippen molar-refractivity contribution in [2.45, 2.75) is 25.0 Å². The Kier molecular flexibility index (Phi) is 7.32. The van der Waals surface area contributed by atoms with Crippen LogP contribution in [0.25, 0.3) is 0 Å². The number of ether oxygens (including phenoxy) is 1. The number of halogens is 4. The Bertz CT molecular complexity index is 863. The van der Waals surface area contributed by atoms with Crippen LogP contribution >= 0.6 is 0 Å². The summed E-state index contributed by atoms with van der Waals surface area (Å²) in [4.78, 5) is 11.2. The van der Waals surface area contributed by atoms with Gasteiger partial charge in [0, 0.05) is 6.54 Å². The highest BCUT2D eigenvalue weighted by Gasteiger charge is 2.46. The van der Waals surface area contributed by atoms with Crippen LogP contribution in [-0.2, 0) is 21.4 Å². The molecule has 0 fully saturated rings. The Balaban J connectivity index is 2.90. The summed E-state index contributed by atoms with van der Waals surface area (Å²) in [5, 5.41) is 11.4. The maximum atomic E-state index is 14.0. The highest BCUT2D eigenvalue weighted by atomic mass is 32.2. The van der Waals surface area contributed by atoms with Crippen molar-refractivity contribution in [3.63, 3.8) is 0 Å². The van der Waals surface area contributed by atoms with Gasteiger partial charge in [0.05, 0.1) is 17.7 Å². The Morgan fingerprint density at radius 1 is 1.44 bits per heavy atom. The lowest BCUT2D eigenvalue weighted by molar-refractivity contribution is -0.116. The quantitative estimate of drug-likeness (QED) is 0.502. The normalized spacial score (nSPS) is 12.7. The third-order valence-electron chi connectivity index (χ3n) is 3.07. The summed E-state index contributed by atoms with van der Waals surface area (Å²) in [6.07, 6.45) is 0.988. The maximum absolute atomic E-state index is 14.0. The van der Waals surface area contributed by atoms with Gasteiger partial charge in [-0.05, 0) is 30.7 Å². The van der Waals surface area contributed by atoms with Gasteiger partial charge in [0.15, 0.2) is 11.6 Å². The SMILES string of the molecule is C=CC(=O)NCc1cc(OC[C@H](C)NS(=O)(=O)C(F)(F)F)c(F)cc1C#N. The number of benzene rings is 1.